The number of hydrogen-bond acceptors (Lipinski definition) is 9. The number of hydrogen-bond donors (Lipinski definition) is 2. The number of thioether (sulfide) groups is 1. The maximum atomic E-state index is 10.1. The standard InChI is InChI=1S/C29H27N5O4S/c1-16-13-24(36-5)17(2)12-21(16)28-33-23(18(3)38-28)15-39-29-22(14-30)25(26(32-4)27(31)34-29)19-6-8-20(9-7-19)37-11-10-35/h6-9,12-13,35H,10-11,15H2,1-3,5H3,(H2,31,34). The molecule has 4 rings (SSSR count). The van der Waals surface area contributed by atoms with E-state index in [0.29, 0.717) is 45.0 Å². The monoisotopic (exact) mass is 541 g/mol. The Balaban J connectivity index is 1.67. The number of aryl methyl sites for hydroxylation is 3. The van der Waals surface area contributed by atoms with Crippen molar-refractivity contribution < 1.29 is 19.0 Å². The summed E-state index contributed by atoms with van der Waals surface area (Å²) in [5.74, 6) is 2.96. The van der Waals surface area contributed by atoms with Crippen molar-refractivity contribution in [3.05, 3.63) is 76.0 Å². The summed E-state index contributed by atoms with van der Waals surface area (Å²) >= 11 is 1.31. The van der Waals surface area contributed by atoms with Gasteiger partial charge in [0.2, 0.25) is 11.6 Å². The van der Waals surface area contributed by atoms with E-state index in [-0.39, 0.29) is 30.3 Å². The normalized spacial score (nSPS) is 10.6. The van der Waals surface area contributed by atoms with Crippen LogP contribution < -0.4 is 15.2 Å². The smallest absolute Gasteiger partial charge is 0.236 e. The van der Waals surface area contributed by atoms with Gasteiger partial charge in [0.15, 0.2) is 0 Å². The van der Waals surface area contributed by atoms with Crippen molar-refractivity contribution in [2.24, 2.45) is 0 Å². The molecule has 3 N–H and O–H groups in total. The van der Waals surface area contributed by atoms with Gasteiger partial charge in [-0.2, -0.15) is 5.26 Å². The summed E-state index contributed by atoms with van der Waals surface area (Å²) in [4.78, 5) is 12.7. The summed E-state index contributed by atoms with van der Waals surface area (Å²) in [5.41, 5.74) is 11.1. The minimum atomic E-state index is -0.102. The number of nitrogen functional groups attached to an aromatic ring is 1. The lowest BCUT2D eigenvalue weighted by molar-refractivity contribution is 0.201. The first-order valence-electron chi connectivity index (χ1n) is 12.0. The summed E-state index contributed by atoms with van der Waals surface area (Å²) in [6.45, 7) is 13.5. The Morgan fingerprint density at radius 3 is 2.54 bits per heavy atom. The first-order valence-corrected chi connectivity index (χ1v) is 13.0. The first kappa shape index (κ1) is 27.5. The van der Waals surface area contributed by atoms with Gasteiger partial charge in [-0.15, -0.1) is 0 Å². The van der Waals surface area contributed by atoms with Gasteiger partial charge in [0.1, 0.15) is 40.8 Å². The Morgan fingerprint density at radius 1 is 1.15 bits per heavy atom. The zero-order valence-electron chi connectivity index (χ0n) is 22.0. The number of oxazole rings is 1. The molecule has 0 amide bonds. The highest BCUT2D eigenvalue weighted by atomic mass is 32.2. The fourth-order valence-electron chi connectivity index (χ4n) is 4.11. The van der Waals surface area contributed by atoms with Crippen LogP contribution in [0.25, 0.3) is 27.4 Å². The van der Waals surface area contributed by atoms with Gasteiger partial charge in [-0.3, -0.25) is 0 Å². The van der Waals surface area contributed by atoms with Crippen LogP contribution in [-0.2, 0) is 5.75 Å². The number of methoxy groups -OCH3 is 1. The van der Waals surface area contributed by atoms with Crippen LogP contribution in [0.15, 0.2) is 45.8 Å². The molecule has 0 aliphatic rings. The predicted octanol–water partition coefficient (Wildman–Crippen LogP) is 6.01. The molecule has 0 aliphatic carbocycles. The molecule has 0 saturated heterocycles. The Bertz CT molecular complexity index is 1600. The van der Waals surface area contributed by atoms with Crippen LogP contribution in [0.3, 0.4) is 0 Å². The molecular weight excluding hydrogens is 514 g/mol. The third kappa shape index (κ3) is 5.68. The number of anilines is 1. The summed E-state index contributed by atoms with van der Waals surface area (Å²) in [6, 6.07) is 13.1. The molecule has 9 nitrogen and oxygen atoms in total. The zero-order chi connectivity index (χ0) is 28.1. The van der Waals surface area contributed by atoms with E-state index in [0.717, 1.165) is 22.4 Å². The van der Waals surface area contributed by atoms with Gasteiger partial charge in [-0.05, 0) is 61.7 Å². The lowest BCUT2D eigenvalue weighted by atomic mass is 10.00. The summed E-state index contributed by atoms with van der Waals surface area (Å²) in [7, 11) is 1.64. The van der Waals surface area contributed by atoms with Crippen LogP contribution >= 0.6 is 11.8 Å². The van der Waals surface area contributed by atoms with E-state index < -0.39 is 0 Å². The molecule has 0 saturated carbocycles. The van der Waals surface area contributed by atoms with Crippen molar-refractivity contribution >= 4 is 23.3 Å². The number of ether oxygens (including phenoxy) is 2. The van der Waals surface area contributed by atoms with E-state index >= 15 is 0 Å². The Hall–Kier alpha value is -4.51. The van der Waals surface area contributed by atoms with E-state index in [2.05, 4.69) is 15.9 Å². The SMILES string of the molecule is [C-]#[N+]c1c(N)nc(SCc2nc(-c3cc(C)c(OC)cc3C)oc2C)c(C#N)c1-c1ccc(OCCO)cc1. The van der Waals surface area contributed by atoms with Gasteiger partial charge in [0.25, 0.3) is 0 Å². The maximum Gasteiger partial charge on any atom is 0.236 e. The van der Waals surface area contributed by atoms with Crippen LogP contribution in [-0.4, -0.2) is 35.4 Å². The van der Waals surface area contributed by atoms with E-state index in [1.807, 2.05) is 32.9 Å². The highest BCUT2D eigenvalue weighted by Crippen LogP contribution is 2.42. The van der Waals surface area contributed by atoms with Crippen molar-refractivity contribution in [1.82, 2.24) is 9.97 Å². The third-order valence-electron chi connectivity index (χ3n) is 6.10. The second-order valence-corrected chi connectivity index (χ2v) is 9.63. The molecule has 4 aromatic rings. The van der Waals surface area contributed by atoms with Gasteiger partial charge >= 0.3 is 0 Å². The van der Waals surface area contributed by atoms with Crippen LogP contribution in [0.4, 0.5) is 11.5 Å². The van der Waals surface area contributed by atoms with Crippen molar-refractivity contribution in [2.75, 3.05) is 26.1 Å². The molecule has 0 fully saturated rings. The summed E-state index contributed by atoms with van der Waals surface area (Å²) in [5, 5.41) is 19.5. The van der Waals surface area contributed by atoms with Gasteiger partial charge in [-0.1, -0.05) is 23.9 Å². The van der Waals surface area contributed by atoms with Crippen LogP contribution in [0, 0.1) is 38.7 Å². The number of aromatic nitrogens is 2. The van der Waals surface area contributed by atoms with Gasteiger partial charge in [0.05, 0.1) is 31.5 Å². The second-order valence-electron chi connectivity index (χ2n) is 8.67. The van der Waals surface area contributed by atoms with E-state index in [1.165, 1.54) is 11.8 Å². The fourth-order valence-corrected chi connectivity index (χ4v) is 5.11. The first-order chi connectivity index (χ1) is 18.8. The molecule has 10 heteroatoms. The summed E-state index contributed by atoms with van der Waals surface area (Å²) < 4.78 is 16.8. The van der Waals surface area contributed by atoms with E-state index in [1.54, 1.807) is 31.4 Å². The molecule has 2 aromatic carbocycles. The van der Waals surface area contributed by atoms with Gasteiger partial charge in [-0.25, -0.2) is 14.8 Å². The second kappa shape index (κ2) is 11.9. The average molecular weight is 542 g/mol. The third-order valence-corrected chi connectivity index (χ3v) is 7.09. The molecule has 2 aromatic heterocycles. The van der Waals surface area contributed by atoms with Crippen molar-refractivity contribution in [2.45, 2.75) is 31.6 Å². The zero-order valence-corrected chi connectivity index (χ0v) is 22.8. The number of benzene rings is 2. The molecule has 2 heterocycles. The van der Waals surface area contributed by atoms with Crippen molar-refractivity contribution in [3.8, 4) is 40.1 Å². The largest absolute Gasteiger partial charge is 0.496 e. The number of nitriles is 1. The molecule has 0 unspecified atom stereocenters. The molecule has 0 bridgehead atoms. The Morgan fingerprint density at radius 2 is 1.90 bits per heavy atom. The topological polar surface area (TPSA) is 132 Å². The minimum Gasteiger partial charge on any atom is -0.496 e. The molecular formula is C29H27N5O4S. The number of nitrogens with zero attached hydrogens (tertiary/aromatic N) is 4. The van der Waals surface area contributed by atoms with Crippen LogP contribution in [0.5, 0.6) is 11.5 Å². The average Bonchev–Trinajstić information content (AvgIpc) is 3.31. The highest BCUT2D eigenvalue weighted by molar-refractivity contribution is 7.98. The lowest BCUT2D eigenvalue weighted by Crippen LogP contribution is -2.02. The van der Waals surface area contributed by atoms with Crippen LogP contribution in [0.2, 0.25) is 0 Å². The number of pyridine rings is 1. The molecule has 0 radical (unpaired) electrons. The number of rotatable bonds is 9. The molecule has 0 aliphatic heterocycles. The van der Waals surface area contributed by atoms with Crippen molar-refractivity contribution in [1.29, 1.82) is 5.26 Å². The fraction of sp³-hybridized carbons (Fsp3) is 0.241. The lowest BCUT2D eigenvalue weighted by Gasteiger charge is -2.13. The minimum absolute atomic E-state index is 0.0454. The van der Waals surface area contributed by atoms with Crippen molar-refractivity contribution in [3.63, 3.8) is 0 Å². The molecule has 0 atom stereocenters. The number of nitrogens with two attached hydrogens (primary N) is 1. The highest BCUT2D eigenvalue weighted by Gasteiger charge is 2.22. The van der Waals surface area contributed by atoms with E-state index in [4.69, 9.17) is 36.3 Å². The molecule has 39 heavy (non-hydrogen) atoms. The molecule has 0 spiro atoms. The maximum absolute atomic E-state index is 10.1. The quantitative estimate of drug-likeness (QED) is 0.193. The summed E-state index contributed by atoms with van der Waals surface area (Å²) in [6.07, 6.45) is 0. The van der Waals surface area contributed by atoms with Gasteiger partial charge in [0, 0.05) is 16.9 Å². The number of aliphatic hydroxyl groups is 1. The van der Waals surface area contributed by atoms with Gasteiger partial charge < -0.3 is 24.7 Å². The Labute approximate surface area is 231 Å². The van der Waals surface area contributed by atoms with E-state index in [9.17, 15) is 5.26 Å². The molecule has 198 valence electrons. The van der Waals surface area contributed by atoms with Crippen LogP contribution in [0.1, 0.15) is 28.1 Å². The number of aliphatic hydroxyl groups excluding tert-OH is 1. The Kier molecular flexibility index (Phi) is 8.40. The predicted molar refractivity (Wildman–Crippen MR) is 150 cm³/mol.